The van der Waals surface area contributed by atoms with Gasteiger partial charge in [-0.3, -0.25) is 0 Å². The fourth-order valence-corrected chi connectivity index (χ4v) is 1.61. The number of aromatic nitrogens is 1. The highest BCUT2D eigenvalue weighted by Gasteiger charge is 2.22. The molecular formula is C11H11NO4. The molecule has 5 nitrogen and oxygen atoms in total. The van der Waals surface area contributed by atoms with Crippen LogP contribution in [-0.4, -0.2) is 21.2 Å². The van der Waals surface area contributed by atoms with Crippen LogP contribution in [0.3, 0.4) is 0 Å². The van der Waals surface area contributed by atoms with E-state index in [1.165, 1.54) is 0 Å². The Morgan fingerprint density at radius 2 is 2.12 bits per heavy atom. The van der Waals surface area contributed by atoms with Crippen LogP contribution in [0.4, 0.5) is 0 Å². The van der Waals surface area contributed by atoms with Crippen LogP contribution in [0.5, 0.6) is 0 Å². The van der Waals surface area contributed by atoms with E-state index in [-0.39, 0.29) is 5.89 Å². The number of rotatable bonds is 2. The van der Waals surface area contributed by atoms with Gasteiger partial charge in [-0.2, -0.15) is 0 Å². The molecule has 1 heterocycles. The van der Waals surface area contributed by atoms with Crippen molar-refractivity contribution in [2.24, 2.45) is 0 Å². The van der Waals surface area contributed by atoms with Gasteiger partial charge < -0.3 is 14.6 Å². The zero-order chi connectivity index (χ0) is 11.9. The van der Waals surface area contributed by atoms with Crippen molar-refractivity contribution in [2.45, 2.75) is 20.0 Å². The molecule has 0 saturated heterocycles. The van der Waals surface area contributed by atoms with Crippen LogP contribution in [0.2, 0.25) is 0 Å². The maximum Gasteiger partial charge on any atom is 0.342 e. The van der Waals surface area contributed by atoms with E-state index >= 15 is 0 Å². The first kappa shape index (κ1) is 10.6. The minimum absolute atomic E-state index is 0.184. The van der Waals surface area contributed by atoms with Gasteiger partial charge in [-0.1, -0.05) is 6.07 Å². The smallest absolute Gasteiger partial charge is 0.342 e. The number of hydrogen-bond acceptors (Lipinski definition) is 4. The lowest BCUT2D eigenvalue weighted by molar-refractivity contribution is -0.148. The topological polar surface area (TPSA) is 83.6 Å². The number of fused-ring (bicyclic) bond motifs is 1. The molecule has 1 atom stereocenters. The molecule has 0 aliphatic rings. The number of aliphatic carboxylic acids is 1. The molecule has 1 unspecified atom stereocenters. The summed E-state index contributed by atoms with van der Waals surface area (Å²) in [5.74, 6) is -1.56. The Balaban J connectivity index is 2.60. The summed E-state index contributed by atoms with van der Waals surface area (Å²) in [7, 11) is 0. The summed E-state index contributed by atoms with van der Waals surface area (Å²) >= 11 is 0. The van der Waals surface area contributed by atoms with Gasteiger partial charge in [0.25, 0.3) is 0 Å². The van der Waals surface area contributed by atoms with E-state index in [1.807, 2.05) is 19.9 Å². The minimum Gasteiger partial charge on any atom is -0.479 e. The summed E-state index contributed by atoms with van der Waals surface area (Å²) in [5, 5.41) is 17.9. The minimum atomic E-state index is -1.72. The van der Waals surface area contributed by atoms with Crippen molar-refractivity contribution in [3.63, 3.8) is 0 Å². The molecule has 0 radical (unpaired) electrons. The summed E-state index contributed by atoms with van der Waals surface area (Å²) < 4.78 is 5.21. The van der Waals surface area contributed by atoms with E-state index in [0.717, 1.165) is 11.1 Å². The van der Waals surface area contributed by atoms with E-state index in [1.54, 1.807) is 6.07 Å². The van der Waals surface area contributed by atoms with Crippen LogP contribution >= 0.6 is 0 Å². The molecule has 84 valence electrons. The van der Waals surface area contributed by atoms with Crippen molar-refractivity contribution >= 4 is 17.1 Å². The Hall–Kier alpha value is -1.88. The number of carboxylic acid groups (broad SMARTS) is 1. The van der Waals surface area contributed by atoms with E-state index in [4.69, 9.17) is 9.52 Å². The zero-order valence-corrected chi connectivity index (χ0v) is 8.89. The molecule has 0 fully saturated rings. The summed E-state index contributed by atoms with van der Waals surface area (Å²) in [4.78, 5) is 14.6. The Labute approximate surface area is 91.3 Å². The number of oxazole rings is 1. The highest BCUT2D eigenvalue weighted by atomic mass is 16.4. The second-order valence-corrected chi connectivity index (χ2v) is 3.72. The summed E-state index contributed by atoms with van der Waals surface area (Å²) in [6.07, 6.45) is -1.72. The highest BCUT2D eigenvalue weighted by molar-refractivity contribution is 5.79. The fraction of sp³-hybridized carbons (Fsp3) is 0.273. The monoisotopic (exact) mass is 221 g/mol. The van der Waals surface area contributed by atoms with Gasteiger partial charge in [-0.15, -0.1) is 0 Å². The third-order valence-corrected chi connectivity index (χ3v) is 2.31. The predicted molar refractivity (Wildman–Crippen MR) is 56.1 cm³/mol. The predicted octanol–water partition coefficient (Wildman–Crippen LogP) is 1.56. The third kappa shape index (κ3) is 1.65. The Kier molecular flexibility index (Phi) is 2.40. The number of nitrogens with zero attached hydrogens (tertiary/aromatic N) is 1. The number of carbonyl (C=O) groups is 1. The van der Waals surface area contributed by atoms with Crippen molar-refractivity contribution in [3.05, 3.63) is 29.2 Å². The molecule has 2 rings (SSSR count). The second kappa shape index (κ2) is 3.61. The van der Waals surface area contributed by atoms with Crippen molar-refractivity contribution < 1.29 is 19.4 Å². The quantitative estimate of drug-likeness (QED) is 0.804. The third-order valence-electron chi connectivity index (χ3n) is 2.31. The summed E-state index contributed by atoms with van der Waals surface area (Å²) in [6, 6.07) is 3.68. The van der Waals surface area contributed by atoms with Gasteiger partial charge in [0.15, 0.2) is 5.58 Å². The zero-order valence-electron chi connectivity index (χ0n) is 8.89. The largest absolute Gasteiger partial charge is 0.479 e. The van der Waals surface area contributed by atoms with Crippen LogP contribution in [0.25, 0.3) is 11.1 Å². The number of benzene rings is 1. The molecule has 0 aliphatic carbocycles. The molecule has 2 N–H and O–H groups in total. The SMILES string of the molecule is Cc1cc(C)c2nc(C(O)C(=O)O)oc2c1. The maximum atomic E-state index is 10.6. The van der Waals surface area contributed by atoms with Crippen molar-refractivity contribution in [1.82, 2.24) is 4.98 Å². The van der Waals surface area contributed by atoms with E-state index in [9.17, 15) is 9.90 Å². The number of aryl methyl sites for hydroxylation is 2. The van der Waals surface area contributed by atoms with Crippen LogP contribution in [0.15, 0.2) is 16.5 Å². The lowest BCUT2D eigenvalue weighted by Gasteiger charge is -1.96. The average Bonchev–Trinajstić information content (AvgIpc) is 2.60. The van der Waals surface area contributed by atoms with Crippen LogP contribution < -0.4 is 0 Å². The molecule has 0 amide bonds. The lowest BCUT2D eigenvalue weighted by Crippen LogP contribution is -2.10. The molecular weight excluding hydrogens is 210 g/mol. The molecule has 2 aromatic rings. The first-order chi connectivity index (χ1) is 7.49. The van der Waals surface area contributed by atoms with Gasteiger partial charge in [0, 0.05) is 0 Å². The Morgan fingerprint density at radius 3 is 2.75 bits per heavy atom. The van der Waals surface area contributed by atoms with Gasteiger partial charge in [0.2, 0.25) is 12.0 Å². The van der Waals surface area contributed by atoms with Crippen LogP contribution in [0, 0.1) is 13.8 Å². The molecule has 1 aromatic carbocycles. The fourth-order valence-electron chi connectivity index (χ4n) is 1.61. The molecule has 1 aromatic heterocycles. The molecule has 0 bridgehead atoms. The second-order valence-electron chi connectivity index (χ2n) is 3.72. The lowest BCUT2D eigenvalue weighted by atomic mass is 10.1. The first-order valence-corrected chi connectivity index (χ1v) is 4.77. The van der Waals surface area contributed by atoms with E-state index in [0.29, 0.717) is 11.1 Å². The summed E-state index contributed by atoms with van der Waals surface area (Å²) in [6.45, 7) is 3.76. The molecule has 0 spiro atoms. The van der Waals surface area contributed by atoms with Crippen LogP contribution in [-0.2, 0) is 4.79 Å². The number of aliphatic hydroxyl groups is 1. The number of carboxylic acids is 1. The number of aliphatic hydroxyl groups excluding tert-OH is 1. The highest BCUT2D eigenvalue weighted by Crippen LogP contribution is 2.24. The first-order valence-electron chi connectivity index (χ1n) is 4.77. The molecule has 16 heavy (non-hydrogen) atoms. The van der Waals surface area contributed by atoms with Gasteiger partial charge in [-0.05, 0) is 31.0 Å². The van der Waals surface area contributed by atoms with Gasteiger partial charge in [0.05, 0.1) is 0 Å². The average molecular weight is 221 g/mol. The van der Waals surface area contributed by atoms with Crippen molar-refractivity contribution in [2.75, 3.05) is 0 Å². The molecule has 5 heteroatoms. The van der Waals surface area contributed by atoms with Gasteiger partial charge in [-0.25, -0.2) is 9.78 Å². The van der Waals surface area contributed by atoms with Crippen molar-refractivity contribution in [1.29, 1.82) is 0 Å². The maximum absolute atomic E-state index is 10.6. The summed E-state index contributed by atoms with van der Waals surface area (Å²) in [5.41, 5.74) is 2.97. The van der Waals surface area contributed by atoms with Gasteiger partial charge in [0.1, 0.15) is 5.52 Å². The molecule has 0 aliphatic heterocycles. The Morgan fingerprint density at radius 1 is 1.44 bits per heavy atom. The Bertz CT molecular complexity index is 558. The normalized spacial score (nSPS) is 12.9. The van der Waals surface area contributed by atoms with Gasteiger partial charge >= 0.3 is 5.97 Å². The number of hydrogen-bond donors (Lipinski definition) is 2. The standard InChI is InChI=1S/C11H11NO4/c1-5-3-6(2)8-7(4-5)16-10(12-8)9(13)11(14)15/h3-4,9,13H,1-2H3,(H,14,15). The van der Waals surface area contributed by atoms with Crippen molar-refractivity contribution in [3.8, 4) is 0 Å². The van der Waals surface area contributed by atoms with E-state index < -0.39 is 12.1 Å². The molecule has 0 saturated carbocycles. The van der Waals surface area contributed by atoms with E-state index in [2.05, 4.69) is 4.98 Å². The van der Waals surface area contributed by atoms with Crippen LogP contribution in [0.1, 0.15) is 23.1 Å².